The molecule has 1 unspecified atom stereocenters. The Morgan fingerprint density at radius 1 is 1.09 bits per heavy atom. The Balaban J connectivity index is 0.00000289. The van der Waals surface area contributed by atoms with Gasteiger partial charge in [0.25, 0.3) is 0 Å². The molecule has 0 fully saturated rings. The highest BCUT2D eigenvalue weighted by molar-refractivity contribution is 5.62. The van der Waals surface area contributed by atoms with Crippen molar-refractivity contribution in [3.8, 4) is 17.3 Å². The number of hydrogen-bond acceptors (Lipinski definition) is 8. The van der Waals surface area contributed by atoms with Gasteiger partial charge in [-0.3, -0.25) is 4.57 Å². The zero-order valence-corrected chi connectivity index (χ0v) is 18.7. The number of nitrogens with one attached hydrogen (secondary N) is 1. The van der Waals surface area contributed by atoms with Gasteiger partial charge in [0, 0.05) is 26.8 Å². The Labute approximate surface area is 195 Å². The molecule has 0 saturated heterocycles. The Morgan fingerprint density at radius 2 is 1.88 bits per heavy atom. The molecule has 0 bridgehead atoms. The molecule has 1 aliphatic heterocycles. The number of aromatic nitrogens is 5. The minimum absolute atomic E-state index is 0. The van der Waals surface area contributed by atoms with Crippen LogP contribution in [0.2, 0.25) is 0 Å². The summed E-state index contributed by atoms with van der Waals surface area (Å²) in [5, 5.41) is 3.11. The maximum Gasteiger partial charge on any atom is 0.229 e. The molecule has 5 rings (SSSR count). The van der Waals surface area contributed by atoms with E-state index in [1.165, 1.54) is 12.1 Å². The average molecular weight is 467 g/mol. The predicted octanol–water partition coefficient (Wildman–Crippen LogP) is 4.21. The van der Waals surface area contributed by atoms with E-state index in [9.17, 15) is 8.78 Å². The van der Waals surface area contributed by atoms with Crippen molar-refractivity contribution in [3.63, 3.8) is 0 Å². The van der Waals surface area contributed by atoms with Gasteiger partial charge in [0.05, 0.1) is 36.9 Å². The first kappa shape index (κ1) is 21.6. The first-order valence-corrected chi connectivity index (χ1v) is 10.4. The highest BCUT2D eigenvalue weighted by Crippen LogP contribution is 2.37. The molecule has 176 valence electrons. The summed E-state index contributed by atoms with van der Waals surface area (Å²) >= 11 is 0. The van der Waals surface area contributed by atoms with Crippen LogP contribution in [0.3, 0.4) is 0 Å². The summed E-state index contributed by atoms with van der Waals surface area (Å²) < 4.78 is 40.5. The molecule has 4 aromatic rings. The van der Waals surface area contributed by atoms with Crippen LogP contribution in [0, 0.1) is 18.6 Å². The molecule has 0 amide bonds. The monoisotopic (exact) mass is 467 g/mol. The summed E-state index contributed by atoms with van der Waals surface area (Å²) in [4.78, 5) is 19.4. The second-order valence-corrected chi connectivity index (χ2v) is 7.82. The van der Waals surface area contributed by atoms with Crippen molar-refractivity contribution in [2.75, 3.05) is 31.0 Å². The number of halogens is 2. The topological polar surface area (TPSA) is 90.2 Å². The number of pyridine rings is 1. The predicted molar refractivity (Wildman–Crippen MR) is 123 cm³/mol. The molecule has 11 heteroatoms. The number of likely N-dealkylation sites (N-methyl/N-ethyl adjacent to an activating group) is 1. The normalized spacial score (nSPS) is 15.0. The maximum atomic E-state index is 13.8. The van der Waals surface area contributed by atoms with Crippen LogP contribution in [0.1, 0.15) is 18.7 Å². The Bertz CT molecular complexity index is 1350. The quantitative estimate of drug-likeness (QED) is 0.467. The molecule has 0 radical (unpaired) electrons. The van der Waals surface area contributed by atoms with E-state index in [-0.39, 0.29) is 8.03 Å². The van der Waals surface area contributed by atoms with Crippen LogP contribution in [0.5, 0.6) is 11.5 Å². The molecule has 1 atom stereocenters. The Morgan fingerprint density at radius 3 is 2.59 bits per heavy atom. The van der Waals surface area contributed by atoms with Crippen LogP contribution in [-0.2, 0) is 0 Å². The number of fused-ring (bicyclic) bond motifs is 1. The van der Waals surface area contributed by atoms with Crippen molar-refractivity contribution >= 4 is 17.5 Å². The van der Waals surface area contributed by atoms with E-state index in [0.29, 0.717) is 40.3 Å². The number of anilines is 3. The summed E-state index contributed by atoms with van der Waals surface area (Å²) in [6.07, 6.45) is 6.70. The summed E-state index contributed by atoms with van der Waals surface area (Å²) in [5.41, 5.74) is 1.93. The van der Waals surface area contributed by atoms with Gasteiger partial charge in [-0.1, -0.05) is 0 Å². The van der Waals surface area contributed by atoms with Crippen LogP contribution in [0.25, 0.3) is 5.82 Å². The molecule has 1 aromatic carbocycles. The van der Waals surface area contributed by atoms with Crippen LogP contribution >= 0.6 is 0 Å². The van der Waals surface area contributed by atoms with E-state index < -0.39 is 17.7 Å². The number of hydrogen-bond donors (Lipinski definition) is 1. The number of benzene rings is 1. The van der Waals surface area contributed by atoms with Crippen molar-refractivity contribution in [3.05, 3.63) is 72.1 Å². The van der Waals surface area contributed by atoms with E-state index in [0.717, 1.165) is 11.8 Å². The van der Waals surface area contributed by atoms with Gasteiger partial charge >= 0.3 is 0 Å². The van der Waals surface area contributed by atoms with Gasteiger partial charge in [-0.2, -0.15) is 4.98 Å². The molecule has 1 aliphatic rings. The first-order valence-electron chi connectivity index (χ1n) is 10.4. The van der Waals surface area contributed by atoms with Crippen molar-refractivity contribution < 1.29 is 19.7 Å². The van der Waals surface area contributed by atoms with Gasteiger partial charge in [0.15, 0.2) is 23.1 Å². The van der Waals surface area contributed by atoms with E-state index in [4.69, 9.17) is 9.47 Å². The van der Waals surface area contributed by atoms with E-state index >= 15 is 0 Å². The van der Waals surface area contributed by atoms with E-state index in [1.807, 2.05) is 18.0 Å². The lowest BCUT2D eigenvalue weighted by Crippen LogP contribution is -2.34. The first-order chi connectivity index (χ1) is 16.4. The highest BCUT2D eigenvalue weighted by Gasteiger charge is 2.29. The summed E-state index contributed by atoms with van der Waals surface area (Å²) in [6.45, 7) is 2.10. The van der Waals surface area contributed by atoms with Crippen LogP contribution in [0.15, 0.2) is 49.2 Å². The number of rotatable bonds is 5. The molecule has 3 aromatic heterocycles. The zero-order valence-electron chi connectivity index (χ0n) is 18.7. The molecule has 4 heterocycles. The van der Waals surface area contributed by atoms with Gasteiger partial charge in [-0.25, -0.2) is 23.7 Å². The third-order valence-corrected chi connectivity index (χ3v) is 5.47. The number of imidazole rings is 1. The molecule has 0 aliphatic carbocycles. The molecular weight excluding hydrogens is 444 g/mol. The van der Waals surface area contributed by atoms with E-state index in [2.05, 4.69) is 25.3 Å². The Hall–Kier alpha value is -4.28. The van der Waals surface area contributed by atoms with Gasteiger partial charge in [-0.05, 0) is 24.6 Å². The van der Waals surface area contributed by atoms with Crippen LogP contribution < -0.4 is 19.7 Å². The fourth-order valence-corrected chi connectivity index (χ4v) is 3.81. The number of aryl methyl sites for hydroxylation is 1. The van der Waals surface area contributed by atoms with Crippen molar-refractivity contribution in [1.29, 1.82) is 0 Å². The Kier molecular flexibility index (Phi) is 5.44. The lowest BCUT2D eigenvalue weighted by Gasteiger charge is -2.35. The standard InChI is InChI=1S/C23H21F2N7O2.H2/c1-13-10-32(12-28-13)21-19(33-3)7-17(8-26-21)29-23-27-9-20-22(30-23)31(2)18(11-34-20)14-4-15(24)6-16(25)5-14;/h4-10,12,18H,11H2,1-3H3,(H,27,29,30);1H. The van der Waals surface area contributed by atoms with Crippen LogP contribution in [0.4, 0.5) is 26.2 Å². The third kappa shape index (κ3) is 4.07. The molecule has 1 N–H and O–H groups in total. The molecular formula is C23H23F2N7O2. The average Bonchev–Trinajstić information content (AvgIpc) is 3.25. The molecule has 9 nitrogen and oxygen atoms in total. The van der Waals surface area contributed by atoms with Gasteiger partial charge in [0.2, 0.25) is 5.95 Å². The van der Waals surface area contributed by atoms with Crippen LogP contribution in [-0.4, -0.2) is 45.3 Å². The van der Waals surface area contributed by atoms with Gasteiger partial charge in [0.1, 0.15) is 24.6 Å². The summed E-state index contributed by atoms with van der Waals surface area (Å²) in [6, 6.07) is 4.78. The minimum Gasteiger partial charge on any atom is -0.493 e. The SMILES string of the molecule is COc1cc(Nc2ncc3c(n2)N(C)C(c2cc(F)cc(F)c2)CO3)cnc1-n1cnc(C)c1.[HH]. The second kappa shape index (κ2) is 8.58. The fraction of sp³-hybridized carbons (Fsp3) is 0.217. The number of nitrogens with zero attached hydrogens (tertiary/aromatic N) is 6. The lowest BCUT2D eigenvalue weighted by atomic mass is 10.0. The largest absolute Gasteiger partial charge is 0.493 e. The van der Waals surface area contributed by atoms with Gasteiger partial charge in [-0.15, -0.1) is 0 Å². The molecule has 34 heavy (non-hydrogen) atoms. The van der Waals surface area contributed by atoms with Crippen molar-refractivity contribution in [1.82, 2.24) is 24.5 Å². The van der Waals surface area contributed by atoms with E-state index in [1.54, 1.807) is 43.5 Å². The second-order valence-electron chi connectivity index (χ2n) is 7.82. The number of ether oxygens (including phenoxy) is 2. The lowest BCUT2D eigenvalue weighted by molar-refractivity contribution is 0.264. The molecule has 0 saturated carbocycles. The number of methoxy groups -OCH3 is 1. The highest BCUT2D eigenvalue weighted by atomic mass is 19.1. The zero-order chi connectivity index (χ0) is 23.8. The maximum absolute atomic E-state index is 13.8. The third-order valence-electron chi connectivity index (χ3n) is 5.47. The van der Waals surface area contributed by atoms with Gasteiger partial charge < -0.3 is 19.7 Å². The summed E-state index contributed by atoms with van der Waals surface area (Å²) in [5.74, 6) is 1.11. The minimum atomic E-state index is -0.644. The molecule has 0 spiro atoms. The van der Waals surface area contributed by atoms with Crippen molar-refractivity contribution in [2.24, 2.45) is 0 Å². The fourth-order valence-electron chi connectivity index (χ4n) is 3.81. The summed E-state index contributed by atoms with van der Waals surface area (Å²) in [7, 11) is 3.35. The smallest absolute Gasteiger partial charge is 0.229 e. The van der Waals surface area contributed by atoms with Crippen molar-refractivity contribution in [2.45, 2.75) is 13.0 Å².